The summed E-state index contributed by atoms with van der Waals surface area (Å²) in [6, 6.07) is 10.9. The third-order valence-electron chi connectivity index (χ3n) is 3.43. The summed E-state index contributed by atoms with van der Waals surface area (Å²) in [5, 5.41) is 14.5. The molecule has 6 heteroatoms. The van der Waals surface area contributed by atoms with E-state index in [1.165, 1.54) is 12.1 Å². The Labute approximate surface area is 134 Å². The van der Waals surface area contributed by atoms with E-state index < -0.39 is 17.6 Å². The predicted molar refractivity (Wildman–Crippen MR) is 85.8 cm³/mol. The molecule has 5 nitrogen and oxygen atoms in total. The average Bonchev–Trinajstić information content (AvgIpc) is 2.55. The van der Waals surface area contributed by atoms with Crippen molar-refractivity contribution in [3.8, 4) is 5.75 Å². The molecule has 0 spiro atoms. The van der Waals surface area contributed by atoms with Crippen LogP contribution in [0.1, 0.15) is 24.2 Å². The van der Waals surface area contributed by atoms with Crippen LogP contribution in [0.15, 0.2) is 42.5 Å². The number of hydrogen-bond acceptors (Lipinski definition) is 3. The molecule has 0 bridgehead atoms. The van der Waals surface area contributed by atoms with Gasteiger partial charge in [0.05, 0.1) is 6.10 Å². The fourth-order valence-electron chi connectivity index (χ4n) is 2.02. The summed E-state index contributed by atoms with van der Waals surface area (Å²) in [5.41, 5.74) is 2.14. The lowest BCUT2D eigenvalue weighted by Gasteiger charge is -2.12. The number of phenols is 1. The second kappa shape index (κ2) is 7.60. The Balaban J connectivity index is 1.93. The van der Waals surface area contributed by atoms with Crippen molar-refractivity contribution in [3.05, 3.63) is 59.4 Å². The van der Waals surface area contributed by atoms with Crippen molar-refractivity contribution in [2.24, 2.45) is 0 Å². The van der Waals surface area contributed by atoms with Crippen LogP contribution in [0.5, 0.6) is 5.75 Å². The molecule has 1 atom stereocenters. The van der Waals surface area contributed by atoms with Crippen LogP contribution >= 0.6 is 0 Å². The summed E-state index contributed by atoms with van der Waals surface area (Å²) in [6.45, 7) is 2.07. The molecule has 0 saturated heterocycles. The van der Waals surface area contributed by atoms with Gasteiger partial charge in [-0.15, -0.1) is 0 Å². The molecule has 0 radical (unpaired) electrons. The Morgan fingerprint density at radius 1 is 1.30 bits per heavy atom. The second-order valence-corrected chi connectivity index (χ2v) is 5.10. The Kier molecular flexibility index (Phi) is 5.54. The van der Waals surface area contributed by atoms with Gasteiger partial charge in [0.15, 0.2) is 11.6 Å². The molecular weight excluding hydrogens is 299 g/mol. The van der Waals surface area contributed by atoms with Crippen molar-refractivity contribution >= 4 is 11.7 Å². The number of aromatic hydroxyl groups is 1. The van der Waals surface area contributed by atoms with E-state index in [1.54, 1.807) is 19.2 Å². The minimum Gasteiger partial charge on any atom is -0.505 e. The summed E-state index contributed by atoms with van der Waals surface area (Å²) < 4.78 is 18.5. The predicted octanol–water partition coefficient (Wildman–Crippen LogP) is 3.56. The average molecular weight is 318 g/mol. The van der Waals surface area contributed by atoms with Crippen LogP contribution < -0.4 is 10.6 Å². The first-order chi connectivity index (χ1) is 11.0. The summed E-state index contributed by atoms with van der Waals surface area (Å²) in [4.78, 5) is 11.9. The number of anilines is 1. The van der Waals surface area contributed by atoms with Crippen molar-refractivity contribution in [1.82, 2.24) is 5.32 Å². The number of benzene rings is 2. The minimum absolute atomic E-state index is 0.0696. The highest BCUT2D eigenvalue weighted by Gasteiger charge is 2.07. The van der Waals surface area contributed by atoms with Gasteiger partial charge in [-0.05, 0) is 42.3 Å². The third-order valence-corrected chi connectivity index (χ3v) is 3.43. The number of phenolic OH excluding ortho intramolecular Hbond substituents is 1. The van der Waals surface area contributed by atoms with Crippen LogP contribution in [0.4, 0.5) is 14.9 Å². The van der Waals surface area contributed by atoms with Gasteiger partial charge in [-0.25, -0.2) is 9.18 Å². The number of urea groups is 1. The first-order valence-corrected chi connectivity index (χ1v) is 7.14. The van der Waals surface area contributed by atoms with E-state index in [9.17, 15) is 9.18 Å². The fraction of sp³-hybridized carbons (Fsp3) is 0.235. The largest absolute Gasteiger partial charge is 0.505 e. The van der Waals surface area contributed by atoms with Gasteiger partial charge in [-0.3, -0.25) is 0 Å². The number of hydrogen-bond donors (Lipinski definition) is 3. The van der Waals surface area contributed by atoms with Crippen LogP contribution in [0, 0.1) is 5.82 Å². The molecule has 0 unspecified atom stereocenters. The molecule has 0 fully saturated rings. The monoisotopic (exact) mass is 318 g/mol. The maximum atomic E-state index is 13.2. The van der Waals surface area contributed by atoms with Gasteiger partial charge in [0, 0.05) is 19.3 Å². The van der Waals surface area contributed by atoms with Crippen molar-refractivity contribution in [1.29, 1.82) is 0 Å². The van der Waals surface area contributed by atoms with Crippen LogP contribution in [-0.4, -0.2) is 18.2 Å². The van der Waals surface area contributed by atoms with E-state index in [4.69, 9.17) is 9.84 Å². The van der Waals surface area contributed by atoms with E-state index in [0.717, 1.165) is 5.56 Å². The number of carbonyl (C=O) groups excluding carboxylic acids is 1. The van der Waals surface area contributed by atoms with Gasteiger partial charge in [-0.1, -0.05) is 18.2 Å². The highest BCUT2D eigenvalue weighted by Crippen LogP contribution is 2.19. The molecule has 2 aromatic carbocycles. The lowest BCUT2D eigenvalue weighted by molar-refractivity contribution is 0.119. The Morgan fingerprint density at radius 3 is 2.78 bits per heavy atom. The number of nitrogens with one attached hydrogen (secondary N) is 2. The highest BCUT2D eigenvalue weighted by atomic mass is 19.1. The molecule has 3 N–H and O–H groups in total. The van der Waals surface area contributed by atoms with Crippen molar-refractivity contribution in [2.45, 2.75) is 19.6 Å². The zero-order valence-electron chi connectivity index (χ0n) is 13.0. The van der Waals surface area contributed by atoms with E-state index in [1.807, 2.05) is 25.1 Å². The normalized spacial score (nSPS) is 11.8. The Bertz CT molecular complexity index is 691. The maximum Gasteiger partial charge on any atom is 0.319 e. The number of ether oxygens (including phenoxy) is 1. The molecule has 0 aliphatic rings. The Morgan fingerprint density at radius 2 is 2.09 bits per heavy atom. The number of halogens is 1. The summed E-state index contributed by atoms with van der Waals surface area (Å²) in [7, 11) is 1.62. The molecule has 122 valence electrons. The van der Waals surface area contributed by atoms with Gasteiger partial charge in [-0.2, -0.15) is 0 Å². The Hall–Kier alpha value is -2.60. The molecule has 23 heavy (non-hydrogen) atoms. The van der Waals surface area contributed by atoms with Crippen LogP contribution in [0.2, 0.25) is 0 Å². The molecule has 2 aromatic rings. The molecule has 0 aromatic heterocycles. The lowest BCUT2D eigenvalue weighted by Crippen LogP contribution is -2.28. The second-order valence-electron chi connectivity index (χ2n) is 5.10. The SMILES string of the molecule is CO[C@H](C)c1cccc(NC(=O)NCc2ccc(O)c(F)c2)c1. The van der Waals surface area contributed by atoms with E-state index in [0.29, 0.717) is 11.3 Å². The molecule has 0 saturated carbocycles. The van der Waals surface area contributed by atoms with Crippen LogP contribution in [0.25, 0.3) is 0 Å². The van der Waals surface area contributed by atoms with E-state index in [2.05, 4.69) is 10.6 Å². The van der Waals surface area contributed by atoms with Gasteiger partial charge >= 0.3 is 6.03 Å². The minimum atomic E-state index is -0.717. The zero-order valence-corrected chi connectivity index (χ0v) is 13.0. The maximum absolute atomic E-state index is 13.2. The summed E-state index contributed by atoms with van der Waals surface area (Å²) in [6.07, 6.45) is -0.0696. The van der Waals surface area contributed by atoms with Gasteiger partial charge in [0.25, 0.3) is 0 Å². The smallest absolute Gasteiger partial charge is 0.319 e. The summed E-state index contributed by atoms with van der Waals surface area (Å²) in [5.74, 6) is -1.13. The number of amides is 2. The first kappa shape index (κ1) is 16.8. The molecule has 0 heterocycles. The molecule has 2 amide bonds. The van der Waals surface area contributed by atoms with Gasteiger partial charge < -0.3 is 20.5 Å². The molecule has 2 rings (SSSR count). The number of rotatable bonds is 5. The zero-order chi connectivity index (χ0) is 16.8. The highest BCUT2D eigenvalue weighted by molar-refractivity contribution is 5.89. The quantitative estimate of drug-likeness (QED) is 0.789. The molecule has 0 aliphatic heterocycles. The van der Waals surface area contributed by atoms with Crippen LogP contribution in [-0.2, 0) is 11.3 Å². The third kappa shape index (κ3) is 4.69. The van der Waals surface area contributed by atoms with Crippen molar-refractivity contribution in [2.75, 3.05) is 12.4 Å². The molecule has 0 aliphatic carbocycles. The van der Waals surface area contributed by atoms with Gasteiger partial charge in [0.2, 0.25) is 0 Å². The summed E-state index contributed by atoms with van der Waals surface area (Å²) >= 11 is 0. The topological polar surface area (TPSA) is 70.6 Å². The standard InChI is InChI=1S/C17H19FN2O3/c1-11(23-2)13-4-3-5-14(9-13)20-17(22)19-10-12-6-7-16(21)15(18)8-12/h3-9,11,21H,10H2,1-2H3,(H2,19,20,22)/t11-/m1/s1. The van der Waals surface area contributed by atoms with Gasteiger partial charge in [0.1, 0.15) is 0 Å². The fourth-order valence-corrected chi connectivity index (χ4v) is 2.02. The van der Waals surface area contributed by atoms with Crippen molar-refractivity contribution < 1.29 is 19.0 Å². The van der Waals surface area contributed by atoms with E-state index in [-0.39, 0.29) is 12.6 Å². The van der Waals surface area contributed by atoms with Crippen molar-refractivity contribution in [3.63, 3.8) is 0 Å². The molecular formula is C17H19FN2O3. The number of methoxy groups -OCH3 is 1. The lowest BCUT2D eigenvalue weighted by atomic mass is 10.1. The number of carbonyl (C=O) groups is 1. The van der Waals surface area contributed by atoms with Crippen LogP contribution in [0.3, 0.4) is 0 Å². The first-order valence-electron chi connectivity index (χ1n) is 7.14. The van der Waals surface area contributed by atoms with E-state index >= 15 is 0 Å².